The Morgan fingerprint density at radius 1 is 1.04 bits per heavy atom. The number of benzene rings is 2. The third-order valence-corrected chi connectivity index (χ3v) is 4.09. The lowest BCUT2D eigenvalue weighted by Gasteiger charge is -2.05. The van der Waals surface area contributed by atoms with Gasteiger partial charge in [0.25, 0.3) is 5.89 Å². The molecule has 0 fully saturated rings. The Hall–Kier alpha value is -3.23. The highest BCUT2D eigenvalue weighted by Gasteiger charge is 2.30. The standard InChI is InChI=1S/C18H14F3N5O/c1-2-9-26-15-8-5-12(10-14(15)23-25-26)16-22-17(27-24-16)11-3-6-13(7-4-11)18(19,20)21/h3-8,10H,2,9H2,1H3. The van der Waals surface area contributed by atoms with Gasteiger partial charge in [0.1, 0.15) is 5.52 Å². The van der Waals surface area contributed by atoms with Crippen LogP contribution in [0.5, 0.6) is 0 Å². The summed E-state index contributed by atoms with van der Waals surface area (Å²) in [7, 11) is 0. The lowest BCUT2D eigenvalue weighted by molar-refractivity contribution is -0.137. The highest BCUT2D eigenvalue weighted by atomic mass is 19.4. The van der Waals surface area contributed by atoms with Gasteiger partial charge in [0.2, 0.25) is 5.82 Å². The summed E-state index contributed by atoms with van der Waals surface area (Å²) in [6.07, 6.45) is -3.44. The van der Waals surface area contributed by atoms with Crippen LogP contribution in [0.15, 0.2) is 47.0 Å². The number of hydrogen-bond donors (Lipinski definition) is 0. The zero-order chi connectivity index (χ0) is 19.0. The molecule has 0 N–H and O–H groups in total. The largest absolute Gasteiger partial charge is 0.416 e. The lowest BCUT2D eigenvalue weighted by Crippen LogP contribution is -2.03. The molecule has 2 heterocycles. The third kappa shape index (κ3) is 3.27. The van der Waals surface area contributed by atoms with Gasteiger partial charge in [0, 0.05) is 17.7 Å². The Morgan fingerprint density at radius 2 is 1.78 bits per heavy atom. The fraction of sp³-hybridized carbons (Fsp3) is 0.222. The molecule has 0 bridgehead atoms. The minimum atomic E-state index is -4.39. The number of fused-ring (bicyclic) bond motifs is 1. The van der Waals surface area contributed by atoms with Gasteiger partial charge < -0.3 is 4.52 Å². The van der Waals surface area contributed by atoms with E-state index in [2.05, 4.69) is 27.4 Å². The zero-order valence-electron chi connectivity index (χ0n) is 14.2. The second-order valence-corrected chi connectivity index (χ2v) is 6.01. The first-order chi connectivity index (χ1) is 13.0. The van der Waals surface area contributed by atoms with Crippen LogP contribution in [0, 0.1) is 0 Å². The van der Waals surface area contributed by atoms with Crippen LogP contribution in [0.3, 0.4) is 0 Å². The Kier molecular flexibility index (Phi) is 4.14. The van der Waals surface area contributed by atoms with Crippen molar-refractivity contribution in [1.29, 1.82) is 0 Å². The third-order valence-electron chi connectivity index (χ3n) is 4.09. The molecule has 138 valence electrons. The molecule has 0 atom stereocenters. The Bertz CT molecular complexity index is 1080. The fourth-order valence-corrected chi connectivity index (χ4v) is 2.75. The summed E-state index contributed by atoms with van der Waals surface area (Å²) in [5.41, 5.74) is 1.99. The molecule has 9 heteroatoms. The molecule has 0 aliphatic rings. The number of alkyl halides is 3. The van der Waals surface area contributed by atoms with Gasteiger partial charge in [0.05, 0.1) is 11.1 Å². The van der Waals surface area contributed by atoms with E-state index in [0.29, 0.717) is 22.5 Å². The van der Waals surface area contributed by atoms with Crippen molar-refractivity contribution in [2.45, 2.75) is 26.1 Å². The first kappa shape index (κ1) is 17.2. The van der Waals surface area contributed by atoms with E-state index in [-0.39, 0.29) is 5.89 Å². The first-order valence-corrected chi connectivity index (χ1v) is 8.30. The van der Waals surface area contributed by atoms with Crippen molar-refractivity contribution in [2.75, 3.05) is 0 Å². The summed E-state index contributed by atoms with van der Waals surface area (Å²) in [5.74, 6) is 0.477. The highest BCUT2D eigenvalue weighted by Crippen LogP contribution is 2.31. The van der Waals surface area contributed by atoms with Crippen LogP contribution in [0.2, 0.25) is 0 Å². The summed E-state index contributed by atoms with van der Waals surface area (Å²) in [4.78, 5) is 4.28. The average molecular weight is 373 g/mol. The van der Waals surface area contributed by atoms with Crippen molar-refractivity contribution < 1.29 is 17.7 Å². The minimum Gasteiger partial charge on any atom is -0.334 e. The molecular formula is C18H14F3N5O. The van der Waals surface area contributed by atoms with Crippen molar-refractivity contribution in [1.82, 2.24) is 25.1 Å². The molecule has 0 amide bonds. The van der Waals surface area contributed by atoms with E-state index >= 15 is 0 Å². The second-order valence-electron chi connectivity index (χ2n) is 6.01. The first-order valence-electron chi connectivity index (χ1n) is 8.30. The van der Waals surface area contributed by atoms with Crippen molar-refractivity contribution >= 4 is 11.0 Å². The average Bonchev–Trinajstić information content (AvgIpc) is 3.29. The summed E-state index contributed by atoms with van der Waals surface area (Å²) >= 11 is 0. The maximum atomic E-state index is 12.7. The van der Waals surface area contributed by atoms with Gasteiger partial charge in [-0.25, -0.2) is 4.68 Å². The van der Waals surface area contributed by atoms with Gasteiger partial charge in [0.15, 0.2) is 0 Å². The smallest absolute Gasteiger partial charge is 0.334 e. The van der Waals surface area contributed by atoms with E-state index in [4.69, 9.17) is 4.52 Å². The van der Waals surface area contributed by atoms with Gasteiger partial charge in [-0.05, 0) is 48.9 Å². The normalized spacial score (nSPS) is 12.0. The molecule has 0 radical (unpaired) electrons. The SMILES string of the molecule is CCCn1nnc2cc(-c3noc(-c4ccc(C(F)(F)F)cc4)n3)ccc21. The molecule has 0 aliphatic carbocycles. The van der Waals surface area contributed by atoms with Gasteiger partial charge in [-0.2, -0.15) is 18.2 Å². The molecule has 4 aromatic rings. The van der Waals surface area contributed by atoms with Crippen molar-refractivity contribution in [3.63, 3.8) is 0 Å². The fourth-order valence-electron chi connectivity index (χ4n) is 2.75. The molecule has 0 unspecified atom stereocenters. The molecule has 0 saturated carbocycles. The van der Waals surface area contributed by atoms with E-state index in [1.54, 1.807) is 6.07 Å². The Balaban J connectivity index is 1.63. The molecule has 0 saturated heterocycles. The molecular weight excluding hydrogens is 359 g/mol. The Labute approximate surface area is 151 Å². The monoisotopic (exact) mass is 373 g/mol. The predicted octanol–water partition coefficient (Wildman–Crippen LogP) is 4.58. The summed E-state index contributed by atoms with van der Waals surface area (Å²) in [6, 6.07) is 10.1. The van der Waals surface area contributed by atoms with E-state index in [1.807, 2.05) is 16.8 Å². The maximum Gasteiger partial charge on any atom is 0.416 e. The zero-order valence-corrected chi connectivity index (χ0v) is 14.2. The van der Waals surface area contributed by atoms with E-state index < -0.39 is 11.7 Å². The van der Waals surface area contributed by atoms with Crippen LogP contribution in [-0.4, -0.2) is 25.1 Å². The minimum absolute atomic E-state index is 0.147. The summed E-state index contributed by atoms with van der Waals surface area (Å²) in [6.45, 7) is 2.83. The van der Waals surface area contributed by atoms with Crippen LogP contribution >= 0.6 is 0 Å². The highest BCUT2D eigenvalue weighted by molar-refractivity contribution is 5.80. The van der Waals surface area contributed by atoms with Crippen molar-refractivity contribution in [3.05, 3.63) is 48.0 Å². The summed E-state index contributed by atoms with van der Waals surface area (Å²) < 4.78 is 45.0. The number of halogens is 3. The summed E-state index contributed by atoms with van der Waals surface area (Å²) in [5, 5.41) is 12.2. The second kappa shape index (κ2) is 6.49. The number of rotatable bonds is 4. The lowest BCUT2D eigenvalue weighted by atomic mass is 10.1. The number of aromatic nitrogens is 5. The molecule has 2 aromatic carbocycles. The molecule has 27 heavy (non-hydrogen) atoms. The molecule has 2 aromatic heterocycles. The van der Waals surface area contributed by atoms with Gasteiger partial charge >= 0.3 is 6.18 Å². The van der Waals surface area contributed by atoms with Crippen LogP contribution in [-0.2, 0) is 12.7 Å². The van der Waals surface area contributed by atoms with Gasteiger partial charge in [-0.1, -0.05) is 17.3 Å². The van der Waals surface area contributed by atoms with E-state index in [9.17, 15) is 13.2 Å². The van der Waals surface area contributed by atoms with Crippen LogP contribution in [0.25, 0.3) is 33.9 Å². The molecule has 4 rings (SSSR count). The maximum absolute atomic E-state index is 12.7. The molecule has 6 nitrogen and oxygen atoms in total. The topological polar surface area (TPSA) is 69.6 Å². The van der Waals surface area contributed by atoms with E-state index in [1.165, 1.54) is 12.1 Å². The predicted molar refractivity (Wildman–Crippen MR) is 91.5 cm³/mol. The van der Waals surface area contributed by atoms with Gasteiger partial charge in [-0.3, -0.25) is 0 Å². The molecule has 0 aliphatic heterocycles. The van der Waals surface area contributed by atoms with E-state index in [0.717, 1.165) is 30.6 Å². The van der Waals surface area contributed by atoms with Crippen LogP contribution in [0.4, 0.5) is 13.2 Å². The van der Waals surface area contributed by atoms with Gasteiger partial charge in [-0.15, -0.1) is 5.10 Å². The Morgan fingerprint density at radius 3 is 2.48 bits per heavy atom. The number of aryl methyl sites for hydroxylation is 1. The van der Waals surface area contributed by atoms with Crippen molar-refractivity contribution in [2.24, 2.45) is 0 Å². The number of nitrogens with zero attached hydrogens (tertiary/aromatic N) is 5. The number of hydrogen-bond acceptors (Lipinski definition) is 5. The van der Waals surface area contributed by atoms with Crippen LogP contribution in [0.1, 0.15) is 18.9 Å². The van der Waals surface area contributed by atoms with Crippen LogP contribution < -0.4 is 0 Å². The van der Waals surface area contributed by atoms with Crippen molar-refractivity contribution in [3.8, 4) is 22.8 Å². The molecule has 0 spiro atoms. The quantitative estimate of drug-likeness (QED) is 0.524.